The first-order valence-corrected chi connectivity index (χ1v) is 14.7. The van der Waals surface area contributed by atoms with Crippen LogP contribution in [0.1, 0.15) is 129 Å². The number of rotatable bonds is 25. The van der Waals surface area contributed by atoms with Gasteiger partial charge in [0.1, 0.15) is 12.2 Å². The van der Waals surface area contributed by atoms with Gasteiger partial charge >= 0.3 is 0 Å². The first-order valence-electron chi connectivity index (χ1n) is 14.7. The molecule has 5 N–H and O–H groups in total. The van der Waals surface area contributed by atoms with Gasteiger partial charge in [-0.25, -0.2) is 0 Å². The highest BCUT2D eigenvalue weighted by Gasteiger charge is 2.28. The molecule has 4 atom stereocenters. The molecule has 0 bridgehead atoms. The summed E-state index contributed by atoms with van der Waals surface area (Å²) in [6.45, 7) is 3.90. The summed E-state index contributed by atoms with van der Waals surface area (Å²) in [7, 11) is 0. The molecular weight excluding hydrogens is 454 g/mol. The molecule has 0 aliphatic heterocycles. The van der Waals surface area contributed by atoms with Crippen molar-refractivity contribution in [1.82, 2.24) is 5.32 Å². The zero-order valence-corrected chi connectivity index (χ0v) is 23.3. The predicted molar refractivity (Wildman–Crippen MR) is 150 cm³/mol. The molecule has 212 valence electrons. The Balaban J connectivity index is 4.02. The summed E-state index contributed by atoms with van der Waals surface area (Å²) in [4.78, 5) is 12.3. The van der Waals surface area contributed by atoms with Crippen molar-refractivity contribution in [2.45, 2.75) is 154 Å². The number of nitrogens with one attached hydrogen (secondary N) is 1. The van der Waals surface area contributed by atoms with Gasteiger partial charge in [0.2, 0.25) is 5.91 Å². The summed E-state index contributed by atoms with van der Waals surface area (Å²) in [6, 6.07) is -1.000. The number of aliphatic hydroxyl groups excluding tert-OH is 4. The topological polar surface area (TPSA) is 110 Å². The third-order valence-electron chi connectivity index (χ3n) is 6.63. The van der Waals surface area contributed by atoms with Crippen molar-refractivity contribution in [3.05, 3.63) is 24.3 Å². The Morgan fingerprint density at radius 2 is 1.17 bits per heavy atom. The van der Waals surface area contributed by atoms with Gasteiger partial charge in [0.25, 0.3) is 0 Å². The van der Waals surface area contributed by atoms with Gasteiger partial charge < -0.3 is 25.7 Å². The lowest BCUT2D eigenvalue weighted by Crippen LogP contribution is -2.53. The highest BCUT2D eigenvalue weighted by Crippen LogP contribution is 2.12. The molecule has 0 saturated carbocycles. The zero-order valence-electron chi connectivity index (χ0n) is 23.3. The van der Waals surface area contributed by atoms with Crippen molar-refractivity contribution in [3.8, 4) is 0 Å². The monoisotopic (exact) mass is 511 g/mol. The number of hydrogen-bond acceptors (Lipinski definition) is 5. The fraction of sp³-hybridized carbons (Fsp3) is 0.833. The molecule has 0 aliphatic carbocycles. The summed E-state index contributed by atoms with van der Waals surface area (Å²) in [5.74, 6) is -0.610. The number of allylic oxidation sites excluding steroid dienone is 4. The minimum Gasteiger partial charge on any atom is -0.394 e. The Morgan fingerprint density at radius 3 is 1.72 bits per heavy atom. The van der Waals surface area contributed by atoms with Crippen LogP contribution in [0.25, 0.3) is 0 Å². The van der Waals surface area contributed by atoms with E-state index in [0.717, 1.165) is 51.4 Å². The standard InChI is InChI=1S/C30H57NO5/c1-3-5-7-9-11-13-15-17-19-21-23-27(33)29(35)26(25-32)31-30(36)28(34)24-22-20-18-16-14-12-10-8-6-4-2/h10,12,15,17,26-29,32-35H,3-9,11,13-14,16,18-25H2,1-2H3,(H,31,36)/b12-10-,17-15+. The van der Waals surface area contributed by atoms with E-state index in [9.17, 15) is 25.2 Å². The Labute approximate surface area is 221 Å². The van der Waals surface area contributed by atoms with Crippen molar-refractivity contribution >= 4 is 5.91 Å². The average molecular weight is 512 g/mol. The minimum atomic E-state index is -1.28. The Hall–Kier alpha value is -1.21. The van der Waals surface area contributed by atoms with Crippen molar-refractivity contribution in [2.75, 3.05) is 6.61 Å². The molecule has 0 radical (unpaired) electrons. The van der Waals surface area contributed by atoms with E-state index in [1.165, 1.54) is 44.9 Å². The van der Waals surface area contributed by atoms with Gasteiger partial charge in [0.15, 0.2) is 0 Å². The summed E-state index contributed by atoms with van der Waals surface area (Å²) in [5.41, 5.74) is 0. The summed E-state index contributed by atoms with van der Waals surface area (Å²) < 4.78 is 0. The first kappa shape index (κ1) is 34.8. The third kappa shape index (κ3) is 19.9. The van der Waals surface area contributed by atoms with Crippen molar-refractivity contribution in [3.63, 3.8) is 0 Å². The molecule has 0 spiro atoms. The van der Waals surface area contributed by atoms with Crippen LogP contribution in [0.4, 0.5) is 0 Å². The largest absolute Gasteiger partial charge is 0.394 e. The van der Waals surface area contributed by atoms with Crippen molar-refractivity contribution in [2.24, 2.45) is 0 Å². The van der Waals surface area contributed by atoms with Crippen LogP contribution in [0.2, 0.25) is 0 Å². The van der Waals surface area contributed by atoms with Gasteiger partial charge in [-0.2, -0.15) is 0 Å². The maximum Gasteiger partial charge on any atom is 0.249 e. The van der Waals surface area contributed by atoms with Crippen molar-refractivity contribution in [1.29, 1.82) is 0 Å². The molecule has 0 aliphatic rings. The van der Waals surface area contributed by atoms with E-state index in [2.05, 4.69) is 43.5 Å². The van der Waals surface area contributed by atoms with Crippen LogP contribution in [0, 0.1) is 0 Å². The maximum atomic E-state index is 12.3. The molecule has 1 amide bonds. The molecule has 0 saturated heterocycles. The molecule has 0 aromatic rings. The molecular formula is C30H57NO5. The van der Waals surface area contributed by atoms with E-state index >= 15 is 0 Å². The third-order valence-corrected chi connectivity index (χ3v) is 6.63. The Bertz CT molecular complexity index is 551. The van der Waals surface area contributed by atoms with Gasteiger partial charge in [-0.1, -0.05) is 95.9 Å². The number of amides is 1. The maximum absolute atomic E-state index is 12.3. The average Bonchev–Trinajstić information content (AvgIpc) is 2.88. The van der Waals surface area contributed by atoms with Crippen LogP contribution >= 0.6 is 0 Å². The lowest BCUT2D eigenvalue weighted by atomic mass is 10.00. The van der Waals surface area contributed by atoms with E-state index < -0.39 is 36.9 Å². The lowest BCUT2D eigenvalue weighted by Gasteiger charge is -2.27. The van der Waals surface area contributed by atoms with E-state index in [0.29, 0.717) is 19.3 Å². The fourth-order valence-corrected chi connectivity index (χ4v) is 4.15. The number of carbonyl (C=O) groups excluding carboxylic acids is 1. The number of unbranched alkanes of at least 4 members (excludes halogenated alkanes) is 12. The quantitative estimate of drug-likeness (QED) is 0.0795. The first-order chi connectivity index (χ1) is 17.5. The predicted octanol–water partition coefficient (Wildman–Crippen LogP) is 5.72. The van der Waals surface area contributed by atoms with Gasteiger partial charge in [-0.3, -0.25) is 4.79 Å². The van der Waals surface area contributed by atoms with Crippen LogP contribution < -0.4 is 5.32 Å². The van der Waals surface area contributed by atoms with Crippen LogP contribution in [0.3, 0.4) is 0 Å². The molecule has 0 heterocycles. The Kier molecular flexibility index (Phi) is 24.6. The van der Waals surface area contributed by atoms with Gasteiger partial charge in [-0.15, -0.1) is 0 Å². The second-order valence-electron chi connectivity index (χ2n) is 10.1. The zero-order chi connectivity index (χ0) is 26.9. The van der Waals surface area contributed by atoms with Gasteiger partial charge in [-0.05, 0) is 57.8 Å². The second kappa shape index (κ2) is 25.4. The molecule has 6 heteroatoms. The molecule has 0 aromatic carbocycles. The number of carbonyl (C=O) groups is 1. The molecule has 4 unspecified atom stereocenters. The van der Waals surface area contributed by atoms with E-state index in [1.54, 1.807) is 0 Å². The van der Waals surface area contributed by atoms with E-state index in [4.69, 9.17) is 0 Å². The molecule has 0 aromatic heterocycles. The van der Waals surface area contributed by atoms with E-state index in [-0.39, 0.29) is 0 Å². The fourth-order valence-electron chi connectivity index (χ4n) is 4.15. The molecule has 36 heavy (non-hydrogen) atoms. The number of aliphatic hydroxyl groups is 4. The van der Waals surface area contributed by atoms with E-state index in [1.807, 2.05) is 0 Å². The normalized spacial score (nSPS) is 15.4. The lowest BCUT2D eigenvalue weighted by molar-refractivity contribution is -0.132. The van der Waals surface area contributed by atoms with Crippen LogP contribution in [-0.2, 0) is 4.79 Å². The minimum absolute atomic E-state index is 0.347. The summed E-state index contributed by atoms with van der Waals surface area (Å²) in [5, 5.41) is 42.9. The van der Waals surface area contributed by atoms with Crippen LogP contribution in [0.15, 0.2) is 24.3 Å². The smallest absolute Gasteiger partial charge is 0.249 e. The molecule has 6 nitrogen and oxygen atoms in total. The van der Waals surface area contributed by atoms with Gasteiger partial charge in [0.05, 0.1) is 18.8 Å². The Morgan fingerprint density at radius 1 is 0.667 bits per heavy atom. The molecule has 0 rings (SSSR count). The second-order valence-corrected chi connectivity index (χ2v) is 10.1. The van der Waals surface area contributed by atoms with Crippen molar-refractivity contribution < 1.29 is 25.2 Å². The highest BCUT2D eigenvalue weighted by molar-refractivity contribution is 5.80. The summed E-state index contributed by atoms with van der Waals surface area (Å²) in [6.07, 6.45) is 23.5. The SMILES string of the molecule is CCCC/C=C\CCCCCCC(O)C(=O)NC(CO)C(O)C(O)CCC/C=C/CCCCCCC. The summed E-state index contributed by atoms with van der Waals surface area (Å²) >= 11 is 0. The van der Waals surface area contributed by atoms with Crippen LogP contribution in [-0.4, -0.2) is 57.3 Å². The number of hydrogen-bond donors (Lipinski definition) is 5. The molecule has 0 fully saturated rings. The van der Waals surface area contributed by atoms with Gasteiger partial charge in [0, 0.05) is 0 Å². The van der Waals surface area contributed by atoms with Crippen LogP contribution in [0.5, 0.6) is 0 Å². The highest BCUT2D eigenvalue weighted by atomic mass is 16.3.